The summed E-state index contributed by atoms with van der Waals surface area (Å²) >= 11 is 0. The van der Waals surface area contributed by atoms with Crippen molar-refractivity contribution < 1.29 is 8.42 Å². The van der Waals surface area contributed by atoms with Gasteiger partial charge in [-0.05, 0) is 30.7 Å². The number of rotatable bonds is 6. The third kappa shape index (κ3) is 4.13. The molecule has 7 nitrogen and oxygen atoms in total. The number of hydrogen-bond acceptors (Lipinski definition) is 4. The number of benzene rings is 3. The summed E-state index contributed by atoms with van der Waals surface area (Å²) in [6.07, 6.45) is 1.58. The van der Waals surface area contributed by atoms with E-state index in [0.29, 0.717) is 23.3 Å². The minimum atomic E-state index is -3.79. The van der Waals surface area contributed by atoms with Crippen LogP contribution in [0.3, 0.4) is 0 Å². The van der Waals surface area contributed by atoms with Crippen molar-refractivity contribution in [3.05, 3.63) is 102 Å². The second-order valence-corrected chi connectivity index (χ2v) is 9.10. The van der Waals surface area contributed by atoms with E-state index >= 15 is 0 Å². The molecule has 0 amide bonds. The van der Waals surface area contributed by atoms with Crippen LogP contribution in [0.5, 0.6) is 0 Å². The number of guanidine groups is 1. The average Bonchev–Trinajstić information content (AvgIpc) is 3.20. The fourth-order valence-corrected chi connectivity index (χ4v) is 4.90. The van der Waals surface area contributed by atoms with Crippen LogP contribution in [-0.2, 0) is 16.6 Å². The van der Waals surface area contributed by atoms with Gasteiger partial charge in [0.1, 0.15) is 0 Å². The van der Waals surface area contributed by atoms with Crippen LogP contribution >= 0.6 is 0 Å². The smallest absolute Gasteiger partial charge is 0.268 e. The van der Waals surface area contributed by atoms with Crippen molar-refractivity contribution in [1.82, 2.24) is 8.98 Å². The largest absolute Gasteiger partial charge is 0.369 e. The van der Waals surface area contributed by atoms with Gasteiger partial charge >= 0.3 is 0 Å². The highest BCUT2D eigenvalue weighted by molar-refractivity contribution is 7.90. The molecule has 3 N–H and O–H groups in total. The SMILES string of the molecule is C/C(=N\N(Cc1ccccc1)C(=N)N)c1cn(S(=O)(=O)c2ccccc2)c2ccccc12. The third-order valence-electron chi connectivity index (χ3n) is 5.09. The first kappa shape index (κ1) is 21.3. The molecule has 0 saturated carbocycles. The van der Waals surface area contributed by atoms with Gasteiger partial charge in [-0.1, -0.05) is 66.7 Å². The monoisotopic (exact) mass is 445 g/mol. The maximum atomic E-state index is 13.3. The van der Waals surface area contributed by atoms with Crippen LogP contribution in [0.2, 0.25) is 0 Å². The molecule has 8 heteroatoms. The Hall–Kier alpha value is -3.91. The Balaban J connectivity index is 1.80. The number of para-hydroxylation sites is 1. The van der Waals surface area contributed by atoms with Gasteiger partial charge < -0.3 is 5.73 Å². The van der Waals surface area contributed by atoms with E-state index in [1.54, 1.807) is 55.6 Å². The van der Waals surface area contributed by atoms with Gasteiger partial charge in [0.05, 0.1) is 22.7 Å². The summed E-state index contributed by atoms with van der Waals surface area (Å²) in [5, 5.41) is 14.6. The minimum absolute atomic E-state index is 0.200. The summed E-state index contributed by atoms with van der Waals surface area (Å²) in [5.41, 5.74) is 8.48. The number of hydrazone groups is 1. The Morgan fingerprint density at radius 1 is 0.969 bits per heavy atom. The van der Waals surface area contributed by atoms with Gasteiger partial charge in [0.25, 0.3) is 10.0 Å². The van der Waals surface area contributed by atoms with Crippen LogP contribution in [0, 0.1) is 5.41 Å². The summed E-state index contributed by atoms with van der Waals surface area (Å²) in [6.45, 7) is 2.11. The van der Waals surface area contributed by atoms with E-state index in [0.717, 1.165) is 10.9 Å². The standard InChI is InChI=1S/C24H23N5O2S/c1-18(27-28(24(25)26)16-19-10-4-2-5-11-19)22-17-29(23-15-9-8-14-21(22)23)32(30,31)20-12-6-3-7-13-20/h2-15,17H,16H2,1H3,(H3,25,26)/b27-18+. The summed E-state index contributed by atoms with van der Waals surface area (Å²) < 4.78 is 27.9. The van der Waals surface area contributed by atoms with Crippen molar-refractivity contribution in [3.8, 4) is 0 Å². The predicted octanol–water partition coefficient (Wildman–Crippen LogP) is 4.00. The first-order valence-electron chi connectivity index (χ1n) is 9.99. The minimum Gasteiger partial charge on any atom is -0.369 e. The number of aromatic nitrogens is 1. The molecule has 32 heavy (non-hydrogen) atoms. The highest BCUT2D eigenvalue weighted by Crippen LogP contribution is 2.26. The van der Waals surface area contributed by atoms with E-state index in [1.165, 1.54) is 8.98 Å². The lowest BCUT2D eigenvalue weighted by molar-refractivity contribution is 0.431. The van der Waals surface area contributed by atoms with Crippen LogP contribution in [0.4, 0.5) is 0 Å². The van der Waals surface area contributed by atoms with Crippen LogP contribution in [0.15, 0.2) is 101 Å². The summed E-state index contributed by atoms with van der Waals surface area (Å²) in [7, 11) is -3.79. The first-order valence-corrected chi connectivity index (χ1v) is 11.4. The van der Waals surface area contributed by atoms with E-state index in [2.05, 4.69) is 5.10 Å². The van der Waals surface area contributed by atoms with Gasteiger partial charge in [0.2, 0.25) is 5.96 Å². The van der Waals surface area contributed by atoms with E-state index in [1.807, 2.05) is 42.5 Å². The molecule has 0 unspecified atom stereocenters. The van der Waals surface area contributed by atoms with Crippen molar-refractivity contribution in [2.45, 2.75) is 18.4 Å². The number of nitrogens with zero attached hydrogens (tertiary/aromatic N) is 3. The Morgan fingerprint density at radius 2 is 1.56 bits per heavy atom. The zero-order valence-corrected chi connectivity index (χ0v) is 18.3. The molecule has 0 radical (unpaired) electrons. The van der Waals surface area contributed by atoms with E-state index in [4.69, 9.17) is 11.1 Å². The maximum Gasteiger partial charge on any atom is 0.268 e. The molecule has 1 aromatic heterocycles. The molecule has 3 aromatic carbocycles. The molecule has 162 valence electrons. The van der Waals surface area contributed by atoms with Crippen molar-refractivity contribution in [2.75, 3.05) is 0 Å². The van der Waals surface area contributed by atoms with Gasteiger partial charge in [0, 0.05) is 17.1 Å². The fraction of sp³-hybridized carbons (Fsp3) is 0.0833. The average molecular weight is 446 g/mol. The summed E-state index contributed by atoms with van der Waals surface area (Å²) in [4.78, 5) is 0.205. The van der Waals surface area contributed by atoms with Gasteiger partial charge in [-0.2, -0.15) is 5.10 Å². The molecule has 0 bridgehead atoms. The van der Waals surface area contributed by atoms with Crippen molar-refractivity contribution in [3.63, 3.8) is 0 Å². The van der Waals surface area contributed by atoms with Crippen molar-refractivity contribution in [1.29, 1.82) is 5.41 Å². The normalized spacial score (nSPS) is 12.1. The first-order chi connectivity index (χ1) is 15.4. The Bertz CT molecular complexity index is 1390. The molecule has 4 rings (SSSR count). The van der Waals surface area contributed by atoms with Crippen LogP contribution in [-0.4, -0.2) is 29.1 Å². The van der Waals surface area contributed by atoms with Crippen molar-refractivity contribution >= 4 is 32.6 Å². The molecule has 0 aliphatic heterocycles. The van der Waals surface area contributed by atoms with Gasteiger partial charge in [-0.3, -0.25) is 5.41 Å². The molecule has 0 spiro atoms. The molecule has 4 aromatic rings. The second kappa shape index (κ2) is 8.68. The lowest BCUT2D eigenvalue weighted by Crippen LogP contribution is -2.32. The highest BCUT2D eigenvalue weighted by Gasteiger charge is 2.22. The topological polar surface area (TPSA) is 105 Å². The third-order valence-corrected chi connectivity index (χ3v) is 6.78. The Labute approximate surface area is 187 Å². The molecule has 0 aliphatic rings. The van der Waals surface area contributed by atoms with Gasteiger partial charge in [0.15, 0.2) is 0 Å². The molecule has 1 heterocycles. The van der Waals surface area contributed by atoms with Crippen LogP contribution in [0.25, 0.3) is 10.9 Å². The summed E-state index contributed by atoms with van der Waals surface area (Å²) in [5.74, 6) is -0.200. The second-order valence-electron chi connectivity index (χ2n) is 7.29. The predicted molar refractivity (Wildman–Crippen MR) is 127 cm³/mol. The van der Waals surface area contributed by atoms with Gasteiger partial charge in [-0.25, -0.2) is 17.4 Å². The van der Waals surface area contributed by atoms with E-state index in [-0.39, 0.29) is 10.9 Å². The van der Waals surface area contributed by atoms with E-state index < -0.39 is 10.0 Å². The molecule has 0 saturated heterocycles. The fourth-order valence-electron chi connectivity index (χ4n) is 3.51. The Kier molecular flexibility index (Phi) is 5.79. The number of nitrogens with one attached hydrogen (secondary N) is 1. The molecule has 0 aliphatic carbocycles. The molecular weight excluding hydrogens is 422 g/mol. The number of nitrogens with two attached hydrogens (primary N) is 1. The van der Waals surface area contributed by atoms with E-state index in [9.17, 15) is 8.42 Å². The Morgan fingerprint density at radius 3 is 2.22 bits per heavy atom. The lowest BCUT2D eigenvalue weighted by Gasteiger charge is -2.18. The molecule has 0 atom stereocenters. The van der Waals surface area contributed by atoms with Crippen LogP contribution < -0.4 is 5.73 Å². The summed E-state index contributed by atoms with van der Waals surface area (Å²) in [6, 6.07) is 25.2. The highest BCUT2D eigenvalue weighted by atomic mass is 32.2. The maximum absolute atomic E-state index is 13.3. The number of hydrogen-bond donors (Lipinski definition) is 2. The quantitative estimate of drug-likeness (QED) is 0.266. The molecular formula is C24H23N5O2S. The zero-order valence-electron chi connectivity index (χ0n) is 17.5. The zero-order chi connectivity index (χ0) is 22.7. The van der Waals surface area contributed by atoms with Gasteiger partial charge in [-0.15, -0.1) is 0 Å². The number of fused-ring (bicyclic) bond motifs is 1. The lowest BCUT2D eigenvalue weighted by atomic mass is 10.1. The molecule has 0 fully saturated rings. The van der Waals surface area contributed by atoms with Crippen LogP contribution in [0.1, 0.15) is 18.1 Å². The van der Waals surface area contributed by atoms with Crippen molar-refractivity contribution in [2.24, 2.45) is 10.8 Å².